The number of hydrogen-bond acceptors (Lipinski definition) is 5. The van der Waals surface area contributed by atoms with Gasteiger partial charge in [-0.3, -0.25) is 9.59 Å². The molecule has 0 fully saturated rings. The molecule has 0 spiro atoms. The number of aliphatic carboxylic acids is 1. The van der Waals surface area contributed by atoms with Crippen molar-refractivity contribution < 1.29 is 19.1 Å². The fraction of sp³-hybridized carbons (Fsp3) is 0.222. The zero-order valence-electron chi connectivity index (χ0n) is 14.2. The molecular weight excluding hydrogens is 339 g/mol. The number of halogens is 1. The Morgan fingerprint density at radius 2 is 1.92 bits per heavy atom. The van der Waals surface area contributed by atoms with Gasteiger partial charge >= 0.3 is 5.97 Å². The highest BCUT2D eigenvalue weighted by atomic mass is 19.1. The first kappa shape index (κ1) is 18.9. The molecule has 0 bridgehead atoms. The summed E-state index contributed by atoms with van der Waals surface area (Å²) in [5, 5.41) is 23.4. The molecule has 0 aliphatic carbocycles. The first-order valence-electron chi connectivity index (χ1n) is 7.77. The van der Waals surface area contributed by atoms with Crippen molar-refractivity contribution >= 4 is 17.7 Å². The minimum atomic E-state index is -1.11. The Balaban J connectivity index is 2.26. The van der Waals surface area contributed by atoms with Crippen molar-refractivity contribution in [1.29, 1.82) is 5.26 Å². The fourth-order valence-corrected chi connectivity index (χ4v) is 2.19. The molecule has 1 aromatic carbocycles. The van der Waals surface area contributed by atoms with E-state index in [-0.39, 0.29) is 22.8 Å². The molecule has 1 aromatic heterocycles. The Kier molecular flexibility index (Phi) is 5.86. The summed E-state index contributed by atoms with van der Waals surface area (Å²) in [6.45, 7) is 3.13. The minimum Gasteiger partial charge on any atom is -0.480 e. The predicted molar refractivity (Wildman–Crippen MR) is 92.0 cm³/mol. The van der Waals surface area contributed by atoms with Gasteiger partial charge in [0.1, 0.15) is 23.7 Å². The lowest BCUT2D eigenvalue weighted by molar-refractivity contribution is -0.137. The predicted octanol–water partition coefficient (Wildman–Crippen LogP) is 2.47. The van der Waals surface area contributed by atoms with Crippen LogP contribution in [0.25, 0.3) is 0 Å². The van der Waals surface area contributed by atoms with Crippen LogP contribution in [0.2, 0.25) is 0 Å². The molecule has 0 saturated heterocycles. The number of nitrogens with zero attached hydrogens (tertiary/aromatic N) is 2. The van der Waals surface area contributed by atoms with Gasteiger partial charge < -0.3 is 15.7 Å². The molecule has 2 rings (SSSR count). The number of pyridine rings is 1. The molecule has 1 amide bonds. The molecule has 8 heteroatoms. The van der Waals surface area contributed by atoms with Crippen LogP contribution in [0, 0.1) is 17.1 Å². The fourth-order valence-electron chi connectivity index (χ4n) is 2.19. The Morgan fingerprint density at radius 3 is 2.50 bits per heavy atom. The number of anilines is 1. The number of aromatic nitrogens is 1. The van der Waals surface area contributed by atoms with E-state index in [1.807, 2.05) is 6.07 Å². The van der Waals surface area contributed by atoms with Crippen molar-refractivity contribution in [2.45, 2.75) is 25.9 Å². The second-order valence-electron chi connectivity index (χ2n) is 5.68. The van der Waals surface area contributed by atoms with Crippen molar-refractivity contribution in [3.05, 3.63) is 59.0 Å². The standard InChI is InChI=1S/C18H17FN4O3/c1-10(13-3-5-14(19)6-4-13)23-17(24)15-7-12(8-20)9-21-16(15)22-11(2)18(25)26/h3-7,9-11H,1-2H3,(H,21,22)(H,23,24)(H,25,26)/t10-,11?/m0/s1. The molecule has 0 aliphatic rings. The second-order valence-corrected chi connectivity index (χ2v) is 5.68. The quantitative estimate of drug-likeness (QED) is 0.732. The summed E-state index contributed by atoms with van der Waals surface area (Å²) < 4.78 is 13.0. The van der Waals surface area contributed by atoms with Crippen LogP contribution >= 0.6 is 0 Å². The molecular formula is C18H17FN4O3. The number of amides is 1. The molecule has 134 valence electrons. The molecule has 0 radical (unpaired) electrons. The van der Waals surface area contributed by atoms with Gasteiger partial charge in [0.25, 0.3) is 5.91 Å². The molecule has 1 heterocycles. The lowest BCUT2D eigenvalue weighted by Crippen LogP contribution is -2.31. The maximum absolute atomic E-state index is 13.0. The van der Waals surface area contributed by atoms with Crippen molar-refractivity contribution in [3.8, 4) is 6.07 Å². The van der Waals surface area contributed by atoms with E-state index in [0.717, 1.165) is 0 Å². The highest BCUT2D eigenvalue weighted by molar-refractivity contribution is 5.99. The largest absolute Gasteiger partial charge is 0.480 e. The van der Waals surface area contributed by atoms with Crippen molar-refractivity contribution in [3.63, 3.8) is 0 Å². The number of carboxylic acids is 1. The summed E-state index contributed by atoms with van der Waals surface area (Å²) in [4.78, 5) is 27.6. The summed E-state index contributed by atoms with van der Waals surface area (Å²) >= 11 is 0. The van der Waals surface area contributed by atoms with Gasteiger partial charge in [-0.15, -0.1) is 0 Å². The van der Waals surface area contributed by atoms with E-state index in [0.29, 0.717) is 5.56 Å². The van der Waals surface area contributed by atoms with Gasteiger partial charge in [0.2, 0.25) is 0 Å². The maximum atomic E-state index is 13.0. The molecule has 1 unspecified atom stereocenters. The second kappa shape index (κ2) is 8.07. The van der Waals surface area contributed by atoms with Crippen LogP contribution in [-0.4, -0.2) is 28.0 Å². The van der Waals surface area contributed by atoms with Crippen LogP contribution in [0.3, 0.4) is 0 Å². The van der Waals surface area contributed by atoms with E-state index < -0.39 is 24.0 Å². The van der Waals surface area contributed by atoms with Crippen molar-refractivity contribution in [2.24, 2.45) is 0 Å². The first-order chi connectivity index (χ1) is 12.3. The van der Waals surface area contributed by atoms with Gasteiger partial charge in [0.15, 0.2) is 0 Å². The highest BCUT2D eigenvalue weighted by Gasteiger charge is 2.20. The van der Waals surface area contributed by atoms with Gasteiger partial charge in [0.05, 0.1) is 17.2 Å². The van der Waals surface area contributed by atoms with Crippen LogP contribution in [0.4, 0.5) is 10.2 Å². The van der Waals surface area contributed by atoms with Crippen molar-refractivity contribution in [2.75, 3.05) is 5.32 Å². The van der Waals surface area contributed by atoms with Crippen LogP contribution in [0.15, 0.2) is 36.5 Å². The van der Waals surface area contributed by atoms with Crippen molar-refractivity contribution in [1.82, 2.24) is 10.3 Å². The number of hydrogen-bond donors (Lipinski definition) is 3. The van der Waals surface area contributed by atoms with Gasteiger partial charge in [-0.05, 0) is 37.6 Å². The minimum absolute atomic E-state index is 0.0473. The van der Waals surface area contributed by atoms with Gasteiger partial charge in [-0.2, -0.15) is 5.26 Å². The van der Waals surface area contributed by atoms with Crippen LogP contribution in [-0.2, 0) is 4.79 Å². The van der Waals surface area contributed by atoms with E-state index in [4.69, 9.17) is 10.4 Å². The third kappa shape index (κ3) is 4.54. The van der Waals surface area contributed by atoms with E-state index in [9.17, 15) is 14.0 Å². The zero-order valence-corrected chi connectivity index (χ0v) is 14.2. The topological polar surface area (TPSA) is 115 Å². The van der Waals surface area contributed by atoms with Gasteiger partial charge in [0, 0.05) is 6.20 Å². The van der Waals surface area contributed by atoms with E-state index in [1.165, 1.54) is 31.3 Å². The van der Waals surface area contributed by atoms with E-state index in [2.05, 4.69) is 15.6 Å². The highest BCUT2D eigenvalue weighted by Crippen LogP contribution is 2.18. The number of nitriles is 1. The van der Waals surface area contributed by atoms with Gasteiger partial charge in [-0.1, -0.05) is 12.1 Å². The van der Waals surface area contributed by atoms with Gasteiger partial charge in [-0.25, -0.2) is 9.37 Å². The summed E-state index contributed by atoms with van der Waals surface area (Å²) in [6, 6.07) is 7.49. The molecule has 7 nitrogen and oxygen atoms in total. The number of carbonyl (C=O) groups excluding carboxylic acids is 1. The number of rotatable bonds is 6. The third-order valence-electron chi connectivity index (χ3n) is 3.70. The average molecular weight is 356 g/mol. The number of benzene rings is 1. The third-order valence-corrected chi connectivity index (χ3v) is 3.70. The lowest BCUT2D eigenvalue weighted by Gasteiger charge is -2.17. The zero-order chi connectivity index (χ0) is 19.3. The lowest BCUT2D eigenvalue weighted by atomic mass is 10.1. The molecule has 2 atom stereocenters. The van der Waals surface area contributed by atoms with E-state index >= 15 is 0 Å². The number of nitrogens with one attached hydrogen (secondary N) is 2. The molecule has 0 saturated carbocycles. The van der Waals surface area contributed by atoms with Crippen LogP contribution < -0.4 is 10.6 Å². The number of carboxylic acid groups (broad SMARTS) is 1. The molecule has 2 aromatic rings. The van der Waals surface area contributed by atoms with Crippen LogP contribution in [0.1, 0.15) is 41.4 Å². The summed E-state index contributed by atoms with van der Waals surface area (Å²) in [7, 11) is 0. The first-order valence-corrected chi connectivity index (χ1v) is 7.77. The monoisotopic (exact) mass is 356 g/mol. The molecule has 3 N–H and O–H groups in total. The Labute approximate surface area is 149 Å². The van der Waals surface area contributed by atoms with E-state index in [1.54, 1.807) is 19.1 Å². The molecule has 26 heavy (non-hydrogen) atoms. The summed E-state index contributed by atoms with van der Waals surface area (Å²) in [5.74, 6) is -1.97. The van der Waals surface area contributed by atoms with Crippen LogP contribution in [0.5, 0.6) is 0 Å². The summed E-state index contributed by atoms with van der Waals surface area (Å²) in [5.41, 5.74) is 0.904. The number of carbonyl (C=O) groups is 2. The Morgan fingerprint density at radius 1 is 1.27 bits per heavy atom. The average Bonchev–Trinajstić information content (AvgIpc) is 2.62. The Hall–Kier alpha value is -3.47. The maximum Gasteiger partial charge on any atom is 0.325 e. The molecule has 0 aliphatic heterocycles. The Bertz CT molecular complexity index is 862. The SMILES string of the molecule is CC(Nc1ncc(C#N)cc1C(=O)N[C@@H](C)c1ccc(F)cc1)C(=O)O. The summed E-state index contributed by atoms with van der Waals surface area (Å²) in [6.07, 6.45) is 1.25. The smallest absolute Gasteiger partial charge is 0.325 e. The normalized spacial score (nSPS) is 12.5.